The third-order valence-corrected chi connectivity index (χ3v) is 6.17. The number of hydrogen-bond donors (Lipinski definition) is 2. The smallest absolute Gasteiger partial charge is 0.228 e. The van der Waals surface area contributed by atoms with E-state index in [0.717, 1.165) is 48.9 Å². The molecule has 4 aromatic rings. The number of nitrogens with zero attached hydrogens (tertiary/aromatic N) is 6. The maximum atomic E-state index is 13.3. The molecule has 1 aliphatic rings. The van der Waals surface area contributed by atoms with Gasteiger partial charge in [-0.25, -0.2) is 9.97 Å². The van der Waals surface area contributed by atoms with Crippen LogP contribution >= 0.6 is 0 Å². The lowest BCUT2D eigenvalue weighted by Gasteiger charge is -2.28. The number of piperazine rings is 1. The van der Waals surface area contributed by atoms with Crippen molar-refractivity contribution in [2.75, 3.05) is 31.1 Å². The highest BCUT2D eigenvalue weighted by molar-refractivity contribution is 6.08. The number of imidazole rings is 1. The van der Waals surface area contributed by atoms with Gasteiger partial charge in [0.1, 0.15) is 5.82 Å². The summed E-state index contributed by atoms with van der Waals surface area (Å²) in [6.07, 6.45) is 0. The largest absolute Gasteiger partial charge is 0.354 e. The van der Waals surface area contributed by atoms with E-state index in [-0.39, 0.29) is 11.6 Å². The molecule has 1 fully saturated rings. The van der Waals surface area contributed by atoms with E-state index in [1.165, 1.54) is 0 Å². The van der Waals surface area contributed by atoms with Gasteiger partial charge in [-0.15, -0.1) is 0 Å². The number of ketones is 1. The van der Waals surface area contributed by atoms with Crippen molar-refractivity contribution in [1.82, 2.24) is 30.0 Å². The lowest BCUT2D eigenvalue weighted by atomic mass is 9.95. The van der Waals surface area contributed by atoms with Gasteiger partial charge in [0.15, 0.2) is 11.5 Å². The first-order valence-corrected chi connectivity index (χ1v) is 10.9. The lowest BCUT2D eigenvalue weighted by molar-refractivity contribution is 0.103. The summed E-state index contributed by atoms with van der Waals surface area (Å²) in [6.45, 7) is 7.46. The number of aromatic nitrogens is 5. The second-order valence-corrected chi connectivity index (χ2v) is 8.23. The standard InChI is InChI=1S/C24H24N8O/c1-14-21(15(2)31(3)30-14)18-12-16(4-5-17(18)13-25)22(33)24-27-19-6-7-20(28-23(19)29-24)32-10-8-26-9-11-32/h4-7,12,26H,8-11H2,1-3H3,(H,27,28,29). The predicted molar refractivity (Wildman–Crippen MR) is 125 cm³/mol. The van der Waals surface area contributed by atoms with E-state index in [1.807, 2.05) is 33.0 Å². The van der Waals surface area contributed by atoms with Gasteiger partial charge in [-0.05, 0) is 44.2 Å². The highest BCUT2D eigenvalue weighted by Gasteiger charge is 2.21. The van der Waals surface area contributed by atoms with Gasteiger partial charge in [0.2, 0.25) is 5.78 Å². The van der Waals surface area contributed by atoms with Crippen LogP contribution in [0.4, 0.5) is 5.82 Å². The molecule has 0 spiro atoms. The number of nitrogens with one attached hydrogen (secondary N) is 2. The zero-order valence-electron chi connectivity index (χ0n) is 18.8. The molecule has 0 saturated carbocycles. The highest BCUT2D eigenvalue weighted by Crippen LogP contribution is 2.31. The number of benzene rings is 1. The van der Waals surface area contributed by atoms with Crippen LogP contribution in [0.25, 0.3) is 22.3 Å². The van der Waals surface area contributed by atoms with Crippen LogP contribution in [0.2, 0.25) is 0 Å². The third-order valence-electron chi connectivity index (χ3n) is 6.17. The maximum absolute atomic E-state index is 13.3. The fourth-order valence-electron chi connectivity index (χ4n) is 4.35. The Morgan fingerprint density at radius 3 is 2.61 bits per heavy atom. The van der Waals surface area contributed by atoms with Crippen LogP contribution in [0.5, 0.6) is 0 Å². The second kappa shape index (κ2) is 8.15. The van der Waals surface area contributed by atoms with E-state index in [9.17, 15) is 10.1 Å². The molecular formula is C24H24N8O. The molecule has 4 heterocycles. The molecule has 0 bridgehead atoms. The number of aromatic amines is 1. The molecule has 1 saturated heterocycles. The summed E-state index contributed by atoms with van der Waals surface area (Å²) in [7, 11) is 1.86. The summed E-state index contributed by atoms with van der Waals surface area (Å²) >= 11 is 0. The molecule has 1 aromatic carbocycles. The predicted octanol–water partition coefficient (Wildman–Crippen LogP) is 2.49. The minimum absolute atomic E-state index is 0.227. The van der Waals surface area contributed by atoms with Crippen LogP contribution in [0.15, 0.2) is 30.3 Å². The quantitative estimate of drug-likeness (QED) is 0.469. The number of carbonyl (C=O) groups excluding carboxylic acids is 1. The van der Waals surface area contributed by atoms with Gasteiger partial charge in [-0.1, -0.05) is 0 Å². The van der Waals surface area contributed by atoms with Crippen molar-refractivity contribution in [3.8, 4) is 17.2 Å². The molecule has 0 radical (unpaired) electrons. The maximum Gasteiger partial charge on any atom is 0.228 e. The van der Waals surface area contributed by atoms with Crippen LogP contribution in [-0.4, -0.2) is 56.7 Å². The average Bonchev–Trinajstić information content (AvgIpc) is 3.38. The molecule has 166 valence electrons. The van der Waals surface area contributed by atoms with Gasteiger partial charge >= 0.3 is 0 Å². The Morgan fingerprint density at radius 1 is 1.12 bits per heavy atom. The number of nitriles is 1. The molecule has 9 nitrogen and oxygen atoms in total. The summed E-state index contributed by atoms with van der Waals surface area (Å²) in [5.41, 5.74) is 5.49. The van der Waals surface area contributed by atoms with Crippen LogP contribution in [0.1, 0.15) is 33.1 Å². The molecule has 0 amide bonds. The Kier molecular flexibility index (Phi) is 5.15. The minimum Gasteiger partial charge on any atom is -0.354 e. The number of rotatable bonds is 4. The Labute approximate surface area is 191 Å². The first-order valence-electron chi connectivity index (χ1n) is 10.9. The van der Waals surface area contributed by atoms with Crippen molar-refractivity contribution in [2.24, 2.45) is 7.05 Å². The van der Waals surface area contributed by atoms with Gasteiger partial charge in [-0.3, -0.25) is 9.48 Å². The number of carbonyl (C=O) groups is 1. The van der Waals surface area contributed by atoms with Crippen LogP contribution < -0.4 is 10.2 Å². The molecule has 0 aliphatic carbocycles. The SMILES string of the molecule is Cc1nn(C)c(C)c1-c1cc(C(=O)c2nc3nc(N4CCNCC4)ccc3[nH]2)ccc1C#N. The average molecular weight is 441 g/mol. The van der Waals surface area contributed by atoms with Gasteiger partial charge in [0.05, 0.1) is 22.8 Å². The first-order chi connectivity index (χ1) is 16.0. The summed E-state index contributed by atoms with van der Waals surface area (Å²) < 4.78 is 1.78. The molecule has 0 atom stereocenters. The zero-order valence-corrected chi connectivity index (χ0v) is 18.8. The van der Waals surface area contributed by atoms with Gasteiger partial charge in [0.25, 0.3) is 0 Å². The number of H-pyrrole nitrogens is 1. The van der Waals surface area contributed by atoms with E-state index in [1.54, 1.807) is 22.9 Å². The Balaban J connectivity index is 1.52. The van der Waals surface area contributed by atoms with Crippen molar-refractivity contribution >= 4 is 22.8 Å². The molecule has 9 heteroatoms. The second-order valence-electron chi connectivity index (χ2n) is 8.23. The van der Waals surface area contributed by atoms with Crippen molar-refractivity contribution < 1.29 is 4.79 Å². The Morgan fingerprint density at radius 2 is 1.91 bits per heavy atom. The van der Waals surface area contributed by atoms with E-state index >= 15 is 0 Å². The lowest BCUT2D eigenvalue weighted by Crippen LogP contribution is -2.43. The summed E-state index contributed by atoms with van der Waals surface area (Å²) in [5, 5.41) is 17.4. The van der Waals surface area contributed by atoms with E-state index in [2.05, 4.69) is 36.3 Å². The fraction of sp³-hybridized carbons (Fsp3) is 0.292. The van der Waals surface area contributed by atoms with Gasteiger partial charge < -0.3 is 15.2 Å². The Hall–Kier alpha value is -4.03. The molecule has 2 N–H and O–H groups in total. The summed E-state index contributed by atoms with van der Waals surface area (Å²) in [6, 6.07) is 11.2. The number of pyridine rings is 1. The fourth-order valence-corrected chi connectivity index (χ4v) is 4.35. The topological polar surface area (TPSA) is 116 Å². The number of fused-ring (bicyclic) bond motifs is 1. The van der Waals surface area contributed by atoms with Crippen molar-refractivity contribution in [2.45, 2.75) is 13.8 Å². The van der Waals surface area contributed by atoms with Crippen molar-refractivity contribution in [3.63, 3.8) is 0 Å². The van der Waals surface area contributed by atoms with E-state index < -0.39 is 0 Å². The van der Waals surface area contributed by atoms with Gasteiger partial charge in [-0.2, -0.15) is 10.4 Å². The molecule has 33 heavy (non-hydrogen) atoms. The molecule has 3 aromatic heterocycles. The Bertz CT molecular complexity index is 1420. The van der Waals surface area contributed by atoms with Crippen molar-refractivity contribution in [3.05, 3.63) is 58.7 Å². The number of aryl methyl sites for hydroxylation is 2. The monoisotopic (exact) mass is 440 g/mol. The molecule has 1 aliphatic heterocycles. The van der Waals surface area contributed by atoms with E-state index in [0.29, 0.717) is 27.9 Å². The highest BCUT2D eigenvalue weighted by atomic mass is 16.1. The number of hydrogen-bond acceptors (Lipinski definition) is 7. The molecule has 0 unspecified atom stereocenters. The first kappa shape index (κ1) is 20.8. The van der Waals surface area contributed by atoms with Crippen LogP contribution in [-0.2, 0) is 7.05 Å². The summed E-state index contributed by atoms with van der Waals surface area (Å²) in [4.78, 5) is 27.8. The normalized spacial score (nSPS) is 13.9. The minimum atomic E-state index is -0.248. The van der Waals surface area contributed by atoms with E-state index in [4.69, 9.17) is 0 Å². The number of anilines is 1. The van der Waals surface area contributed by atoms with Crippen LogP contribution in [0.3, 0.4) is 0 Å². The van der Waals surface area contributed by atoms with Gasteiger partial charge in [0, 0.05) is 55.6 Å². The van der Waals surface area contributed by atoms with Crippen LogP contribution in [0, 0.1) is 25.2 Å². The zero-order chi connectivity index (χ0) is 23.1. The third kappa shape index (κ3) is 3.64. The molecule has 5 rings (SSSR count). The molecular weight excluding hydrogens is 416 g/mol. The van der Waals surface area contributed by atoms with Crippen molar-refractivity contribution in [1.29, 1.82) is 5.26 Å². The summed E-state index contributed by atoms with van der Waals surface area (Å²) in [5.74, 6) is 0.838.